The summed E-state index contributed by atoms with van der Waals surface area (Å²) in [5.41, 5.74) is 1.12. The van der Waals surface area contributed by atoms with Crippen molar-refractivity contribution in [1.29, 1.82) is 0 Å². The van der Waals surface area contributed by atoms with Gasteiger partial charge in [0.25, 0.3) is 0 Å². The van der Waals surface area contributed by atoms with Crippen LogP contribution in [0.2, 0.25) is 0 Å². The van der Waals surface area contributed by atoms with Crippen molar-refractivity contribution in [2.45, 2.75) is 32.4 Å². The quantitative estimate of drug-likeness (QED) is 0.903. The second kappa shape index (κ2) is 6.80. The Balaban J connectivity index is 2.06. The number of carboxylic acids is 1. The highest BCUT2D eigenvalue weighted by atomic mass is 16.5. The lowest BCUT2D eigenvalue weighted by molar-refractivity contribution is -0.144. The summed E-state index contributed by atoms with van der Waals surface area (Å²) in [6, 6.07) is 6.11. The van der Waals surface area contributed by atoms with E-state index in [1.54, 1.807) is 14.2 Å². The lowest BCUT2D eigenvalue weighted by atomic mass is 9.91. The molecule has 0 amide bonds. The van der Waals surface area contributed by atoms with E-state index < -0.39 is 5.97 Å². The zero-order valence-electron chi connectivity index (χ0n) is 12.8. The van der Waals surface area contributed by atoms with Crippen molar-refractivity contribution < 1.29 is 19.4 Å². The number of hydrogen-bond acceptors (Lipinski definition) is 4. The highest BCUT2D eigenvalue weighted by Gasteiger charge is 2.29. The standard InChI is InChI=1S/C16H23NO4/c1-11-6-13(16(18)19)4-5-17(11)10-12-7-14(20-2)9-15(8-12)21-3/h7-9,11,13H,4-6,10H2,1-3H3,(H,18,19). The number of aliphatic carboxylic acids is 1. The molecule has 116 valence electrons. The van der Waals surface area contributed by atoms with Gasteiger partial charge in [0, 0.05) is 18.7 Å². The molecule has 2 atom stereocenters. The first-order valence-electron chi connectivity index (χ1n) is 7.22. The molecule has 0 aliphatic carbocycles. The topological polar surface area (TPSA) is 59.0 Å². The fourth-order valence-electron chi connectivity index (χ4n) is 2.87. The number of carboxylic acid groups (broad SMARTS) is 1. The lowest BCUT2D eigenvalue weighted by Gasteiger charge is -2.36. The third-order valence-electron chi connectivity index (χ3n) is 4.16. The summed E-state index contributed by atoms with van der Waals surface area (Å²) in [5.74, 6) is 0.662. The van der Waals surface area contributed by atoms with E-state index in [9.17, 15) is 4.79 Å². The van der Waals surface area contributed by atoms with E-state index in [0.29, 0.717) is 12.8 Å². The number of nitrogens with zero attached hydrogens (tertiary/aromatic N) is 1. The van der Waals surface area contributed by atoms with Crippen LogP contribution >= 0.6 is 0 Å². The fourth-order valence-corrected chi connectivity index (χ4v) is 2.87. The molecule has 0 bridgehead atoms. The van der Waals surface area contributed by atoms with Gasteiger partial charge in [-0.2, -0.15) is 0 Å². The molecule has 0 aromatic heterocycles. The molecule has 1 heterocycles. The molecular formula is C16H23NO4. The largest absolute Gasteiger partial charge is 0.497 e. The molecule has 1 fully saturated rings. The van der Waals surface area contributed by atoms with Gasteiger partial charge in [-0.05, 0) is 44.0 Å². The van der Waals surface area contributed by atoms with Gasteiger partial charge in [-0.1, -0.05) is 0 Å². The molecule has 5 heteroatoms. The summed E-state index contributed by atoms with van der Waals surface area (Å²) in [6.07, 6.45) is 1.41. The molecule has 2 unspecified atom stereocenters. The van der Waals surface area contributed by atoms with E-state index >= 15 is 0 Å². The summed E-state index contributed by atoms with van der Waals surface area (Å²) in [5, 5.41) is 9.12. The lowest BCUT2D eigenvalue weighted by Crippen LogP contribution is -2.42. The molecule has 0 radical (unpaired) electrons. The highest BCUT2D eigenvalue weighted by molar-refractivity contribution is 5.70. The number of likely N-dealkylation sites (tertiary alicyclic amines) is 1. The first-order chi connectivity index (χ1) is 10.0. The zero-order valence-corrected chi connectivity index (χ0v) is 12.8. The maximum absolute atomic E-state index is 11.1. The van der Waals surface area contributed by atoms with Gasteiger partial charge in [-0.3, -0.25) is 9.69 Å². The molecule has 1 aliphatic heterocycles. The number of piperidine rings is 1. The monoisotopic (exact) mass is 293 g/mol. The van der Waals surface area contributed by atoms with E-state index in [0.717, 1.165) is 30.2 Å². The molecule has 1 aromatic carbocycles. The molecule has 0 saturated carbocycles. The van der Waals surface area contributed by atoms with Crippen LogP contribution < -0.4 is 9.47 Å². The van der Waals surface area contributed by atoms with Crippen LogP contribution in [0.4, 0.5) is 0 Å². The number of hydrogen-bond donors (Lipinski definition) is 1. The Morgan fingerprint density at radius 1 is 1.29 bits per heavy atom. The Labute approximate surface area is 125 Å². The maximum atomic E-state index is 11.1. The van der Waals surface area contributed by atoms with Gasteiger partial charge in [0.15, 0.2) is 0 Å². The van der Waals surface area contributed by atoms with Gasteiger partial charge in [-0.15, -0.1) is 0 Å². The fraction of sp³-hybridized carbons (Fsp3) is 0.562. The van der Waals surface area contributed by atoms with Gasteiger partial charge in [0.05, 0.1) is 20.1 Å². The van der Waals surface area contributed by atoms with Crippen LogP contribution in [0.1, 0.15) is 25.3 Å². The highest BCUT2D eigenvalue weighted by Crippen LogP contribution is 2.27. The second-order valence-electron chi connectivity index (χ2n) is 5.60. The second-order valence-corrected chi connectivity index (χ2v) is 5.60. The van der Waals surface area contributed by atoms with Crippen LogP contribution in [0.5, 0.6) is 11.5 Å². The van der Waals surface area contributed by atoms with Crippen molar-refractivity contribution in [1.82, 2.24) is 4.90 Å². The van der Waals surface area contributed by atoms with Crippen LogP contribution in [0, 0.1) is 5.92 Å². The van der Waals surface area contributed by atoms with Crippen LogP contribution in [0.25, 0.3) is 0 Å². The van der Waals surface area contributed by atoms with Crippen LogP contribution in [-0.2, 0) is 11.3 Å². The van der Waals surface area contributed by atoms with Crippen LogP contribution in [0.15, 0.2) is 18.2 Å². The van der Waals surface area contributed by atoms with Crippen molar-refractivity contribution in [3.63, 3.8) is 0 Å². The first-order valence-corrected chi connectivity index (χ1v) is 7.22. The van der Waals surface area contributed by atoms with Crippen LogP contribution in [-0.4, -0.2) is 42.8 Å². The van der Waals surface area contributed by atoms with E-state index in [2.05, 4.69) is 11.8 Å². The maximum Gasteiger partial charge on any atom is 0.306 e. The Hall–Kier alpha value is -1.75. The van der Waals surface area contributed by atoms with Crippen molar-refractivity contribution in [3.8, 4) is 11.5 Å². The molecule has 2 rings (SSSR count). The van der Waals surface area contributed by atoms with Gasteiger partial charge in [0.1, 0.15) is 11.5 Å². The van der Waals surface area contributed by atoms with Crippen LogP contribution in [0.3, 0.4) is 0 Å². The summed E-state index contributed by atoms with van der Waals surface area (Å²) in [7, 11) is 3.28. The summed E-state index contributed by atoms with van der Waals surface area (Å²) >= 11 is 0. The molecule has 0 spiro atoms. The Bertz CT molecular complexity index is 481. The number of benzene rings is 1. The smallest absolute Gasteiger partial charge is 0.306 e. The third kappa shape index (κ3) is 3.88. The van der Waals surface area contributed by atoms with E-state index in [-0.39, 0.29) is 12.0 Å². The van der Waals surface area contributed by atoms with Gasteiger partial charge in [-0.25, -0.2) is 0 Å². The molecule has 21 heavy (non-hydrogen) atoms. The van der Waals surface area contributed by atoms with Crippen molar-refractivity contribution in [2.24, 2.45) is 5.92 Å². The summed E-state index contributed by atoms with van der Waals surface area (Å²) in [6.45, 7) is 3.67. The van der Waals surface area contributed by atoms with Crippen molar-refractivity contribution in [2.75, 3.05) is 20.8 Å². The zero-order chi connectivity index (χ0) is 15.4. The molecule has 1 aliphatic rings. The Kier molecular flexibility index (Phi) is 5.07. The number of rotatable bonds is 5. The van der Waals surface area contributed by atoms with Gasteiger partial charge >= 0.3 is 5.97 Å². The predicted octanol–water partition coefficient (Wildman–Crippen LogP) is 2.39. The van der Waals surface area contributed by atoms with Gasteiger partial charge in [0.2, 0.25) is 0 Å². The molecule has 5 nitrogen and oxygen atoms in total. The van der Waals surface area contributed by atoms with Crippen molar-refractivity contribution in [3.05, 3.63) is 23.8 Å². The number of ether oxygens (including phenoxy) is 2. The average Bonchev–Trinajstić information content (AvgIpc) is 2.48. The summed E-state index contributed by atoms with van der Waals surface area (Å²) < 4.78 is 10.6. The van der Waals surface area contributed by atoms with Crippen molar-refractivity contribution >= 4 is 5.97 Å². The average molecular weight is 293 g/mol. The normalized spacial score (nSPS) is 22.8. The Morgan fingerprint density at radius 2 is 1.90 bits per heavy atom. The number of carbonyl (C=O) groups is 1. The number of methoxy groups -OCH3 is 2. The minimum absolute atomic E-state index is 0.212. The minimum Gasteiger partial charge on any atom is -0.497 e. The third-order valence-corrected chi connectivity index (χ3v) is 4.16. The first kappa shape index (κ1) is 15.6. The van der Waals surface area contributed by atoms with E-state index in [1.165, 1.54) is 0 Å². The molecule has 1 saturated heterocycles. The van der Waals surface area contributed by atoms with Gasteiger partial charge < -0.3 is 14.6 Å². The minimum atomic E-state index is -0.676. The summed E-state index contributed by atoms with van der Waals surface area (Å²) in [4.78, 5) is 13.4. The van der Waals surface area contributed by atoms with E-state index in [4.69, 9.17) is 14.6 Å². The molecular weight excluding hydrogens is 270 g/mol. The molecule has 1 N–H and O–H groups in total. The predicted molar refractivity (Wildman–Crippen MR) is 79.8 cm³/mol. The Morgan fingerprint density at radius 3 is 2.38 bits per heavy atom. The molecule has 1 aromatic rings. The van der Waals surface area contributed by atoms with E-state index in [1.807, 2.05) is 18.2 Å². The SMILES string of the molecule is COc1cc(CN2CCC(C(=O)O)CC2C)cc(OC)c1.